The summed E-state index contributed by atoms with van der Waals surface area (Å²) in [6.07, 6.45) is -9.66. The van der Waals surface area contributed by atoms with Crippen LogP contribution in [-0.4, -0.2) is 43.5 Å². The van der Waals surface area contributed by atoms with Gasteiger partial charge < -0.3 is 19.9 Å². The Morgan fingerprint density at radius 3 is 2.77 bits per heavy atom. The molecule has 1 aromatic rings. The number of nitrogens with one attached hydrogen (secondary N) is 1. The predicted molar refractivity (Wildman–Crippen MR) is 88.3 cm³/mol. The minimum Gasteiger partial charge on any atom is -0.491 e. The van der Waals surface area contributed by atoms with Crippen molar-refractivity contribution in [2.45, 2.75) is 45.1 Å². The molecule has 0 aliphatic heterocycles. The van der Waals surface area contributed by atoms with Crippen LogP contribution in [0.2, 0.25) is 0 Å². The number of aryl methyl sites for hydroxylation is 1. The van der Waals surface area contributed by atoms with Gasteiger partial charge >= 0.3 is 0 Å². The van der Waals surface area contributed by atoms with Gasteiger partial charge in [0.2, 0.25) is 0 Å². The molecular weight excluding hydrogens is 278 g/mol. The van der Waals surface area contributed by atoms with Crippen LogP contribution >= 0.6 is 0 Å². The lowest BCUT2D eigenvalue weighted by Crippen LogP contribution is -2.35. The number of benzene rings is 1. The first kappa shape index (κ1) is 7.65. The second-order valence-corrected chi connectivity index (χ2v) is 5.11. The quantitative estimate of drug-likeness (QED) is 0.658. The zero-order chi connectivity index (χ0) is 25.7. The van der Waals surface area contributed by atoms with E-state index in [4.69, 9.17) is 19.8 Å². The van der Waals surface area contributed by atoms with Crippen molar-refractivity contribution >= 4 is 0 Å². The summed E-state index contributed by atoms with van der Waals surface area (Å²) < 4.78 is 96.3. The maximum Gasteiger partial charge on any atom is 0.119 e. The number of hydrogen-bond donors (Lipinski definition) is 2. The second-order valence-electron chi connectivity index (χ2n) is 5.11. The molecule has 1 aromatic carbocycles. The third kappa shape index (κ3) is 7.25. The van der Waals surface area contributed by atoms with E-state index >= 15 is 0 Å². The second kappa shape index (κ2) is 9.13. The molecule has 0 amide bonds. The summed E-state index contributed by atoms with van der Waals surface area (Å²) in [5, 5.41) is 12.9. The molecule has 1 saturated carbocycles. The zero-order valence-electron chi connectivity index (χ0n) is 23.6. The highest BCUT2D eigenvalue weighted by molar-refractivity contribution is 5.27. The van der Waals surface area contributed by atoms with Gasteiger partial charge in [-0.2, -0.15) is 0 Å². The van der Waals surface area contributed by atoms with Crippen molar-refractivity contribution in [3.63, 3.8) is 0 Å². The molecule has 4 heteroatoms. The van der Waals surface area contributed by atoms with E-state index in [1.54, 1.807) is 0 Å². The molecule has 1 aliphatic carbocycles. The number of aliphatic hydroxyl groups excluding tert-OH is 1. The Labute approximate surface area is 149 Å². The molecule has 1 atom stereocenters. The third-order valence-electron chi connectivity index (χ3n) is 2.71. The van der Waals surface area contributed by atoms with Gasteiger partial charge in [-0.1, -0.05) is 26.0 Å². The summed E-state index contributed by atoms with van der Waals surface area (Å²) >= 11 is 0. The Morgan fingerprint density at radius 1 is 1.41 bits per heavy atom. The average molecular weight is 319 g/mol. The molecule has 1 unspecified atom stereocenters. The van der Waals surface area contributed by atoms with E-state index in [1.165, 1.54) is 24.3 Å². The van der Waals surface area contributed by atoms with Gasteiger partial charge in [0.05, 0.1) is 12.0 Å². The highest BCUT2D eigenvalue weighted by atomic mass is 16.5. The largest absolute Gasteiger partial charge is 0.491 e. The Bertz CT molecular complexity index is 816. The molecular formula is C18H29NO3. The molecule has 124 valence electrons. The monoisotopic (exact) mass is 318 g/mol. The molecule has 0 spiro atoms. The summed E-state index contributed by atoms with van der Waals surface area (Å²) in [6, 6.07) is 5.25. The molecule has 0 radical (unpaired) electrons. The van der Waals surface area contributed by atoms with Crippen molar-refractivity contribution in [1.29, 1.82) is 0 Å². The third-order valence-corrected chi connectivity index (χ3v) is 2.71. The first-order valence-corrected chi connectivity index (χ1v) is 7.09. The van der Waals surface area contributed by atoms with E-state index in [9.17, 15) is 5.11 Å². The van der Waals surface area contributed by atoms with Crippen molar-refractivity contribution < 1.29 is 29.7 Å². The fourth-order valence-electron chi connectivity index (χ4n) is 1.50. The normalized spacial score (nSPS) is 31.4. The Hall–Kier alpha value is -1.10. The van der Waals surface area contributed by atoms with Gasteiger partial charge in [-0.15, -0.1) is 0 Å². The van der Waals surface area contributed by atoms with Crippen molar-refractivity contribution in [3.8, 4) is 5.75 Å². The van der Waals surface area contributed by atoms with E-state index in [1.807, 2.05) is 13.8 Å². The first-order valence-electron chi connectivity index (χ1n) is 12.6. The maximum atomic E-state index is 9.88. The van der Waals surface area contributed by atoms with Crippen LogP contribution in [0.1, 0.15) is 47.2 Å². The minimum atomic E-state index is -3.49. The van der Waals surface area contributed by atoms with Gasteiger partial charge in [0.15, 0.2) is 0 Å². The molecule has 1 aliphatic rings. The van der Waals surface area contributed by atoms with Gasteiger partial charge in [0.1, 0.15) is 18.5 Å². The van der Waals surface area contributed by atoms with Crippen LogP contribution < -0.4 is 10.1 Å². The molecule has 2 N–H and O–H groups in total. The van der Waals surface area contributed by atoms with E-state index in [0.29, 0.717) is 6.54 Å². The van der Waals surface area contributed by atoms with Crippen LogP contribution in [0.25, 0.3) is 0 Å². The Balaban J connectivity index is 2.12. The van der Waals surface area contributed by atoms with Crippen LogP contribution in [0.15, 0.2) is 24.3 Å². The molecule has 0 saturated heterocycles. The first-order chi connectivity index (χ1) is 14.7. The molecule has 0 bridgehead atoms. The van der Waals surface area contributed by atoms with Crippen molar-refractivity contribution in [1.82, 2.24) is 5.32 Å². The number of rotatable bonds is 11. The van der Waals surface area contributed by atoms with Gasteiger partial charge in [0.25, 0.3) is 0 Å². The van der Waals surface area contributed by atoms with Gasteiger partial charge in [-0.25, -0.2) is 0 Å². The topological polar surface area (TPSA) is 50.7 Å². The number of aliphatic hydroxyl groups is 1. The average Bonchev–Trinajstić information content (AvgIpc) is 3.01. The molecule has 4 nitrogen and oxygen atoms in total. The van der Waals surface area contributed by atoms with Crippen molar-refractivity contribution in [3.05, 3.63) is 29.8 Å². The summed E-state index contributed by atoms with van der Waals surface area (Å²) in [5.74, 6) is -2.81. The molecule has 1 fully saturated rings. The van der Waals surface area contributed by atoms with E-state index in [2.05, 4.69) is 10.1 Å². The fourth-order valence-corrected chi connectivity index (χ4v) is 1.50. The molecule has 0 aromatic heterocycles. The smallest absolute Gasteiger partial charge is 0.119 e. The molecule has 22 heavy (non-hydrogen) atoms. The standard InChI is InChI=1S/C18H29NO3/c1-14(2)19-11-17(20)13-22-18-7-5-15(6-8-18)9-10-21-12-16-3-4-16/h5-8,14,16-17,19-20H,3-4,9-13H2,1-2H3/i3D2,4D2,9D2,10D2,12D2,16D. The lowest BCUT2D eigenvalue weighted by molar-refractivity contribution is 0.104. The van der Waals surface area contributed by atoms with E-state index in [0.717, 1.165) is 0 Å². The highest BCUT2D eigenvalue weighted by Crippen LogP contribution is 2.28. The van der Waals surface area contributed by atoms with Crippen molar-refractivity contribution in [2.24, 2.45) is 5.89 Å². The van der Waals surface area contributed by atoms with Crippen molar-refractivity contribution in [2.75, 3.05) is 26.3 Å². The van der Waals surface area contributed by atoms with Crippen LogP contribution in [0.5, 0.6) is 5.75 Å². The minimum absolute atomic E-state index is 0.0360. The Kier molecular flexibility index (Phi) is 3.17. The van der Waals surface area contributed by atoms with Crippen LogP contribution in [-0.2, 0) is 11.1 Å². The van der Waals surface area contributed by atoms with Gasteiger partial charge in [-0.3, -0.25) is 0 Å². The summed E-state index contributed by atoms with van der Waals surface area (Å²) in [5.41, 5.74) is -0.251. The lowest BCUT2D eigenvalue weighted by Gasteiger charge is -2.15. The molecule has 2 rings (SSSR count). The number of hydrogen-bond acceptors (Lipinski definition) is 4. The van der Waals surface area contributed by atoms with Crippen LogP contribution in [0, 0.1) is 5.89 Å². The van der Waals surface area contributed by atoms with Crippen LogP contribution in [0.4, 0.5) is 0 Å². The van der Waals surface area contributed by atoms with E-state index in [-0.39, 0.29) is 24.0 Å². The van der Waals surface area contributed by atoms with E-state index < -0.39 is 44.2 Å². The lowest BCUT2D eigenvalue weighted by atomic mass is 10.1. The predicted octanol–water partition coefficient (Wildman–Crippen LogP) is 2.39. The van der Waals surface area contributed by atoms with Gasteiger partial charge in [-0.05, 0) is 42.7 Å². The Morgan fingerprint density at radius 2 is 2.14 bits per heavy atom. The molecule has 0 heterocycles. The fraction of sp³-hybridized carbons (Fsp3) is 0.667. The van der Waals surface area contributed by atoms with Gasteiger partial charge in [0, 0.05) is 28.7 Å². The zero-order valence-corrected chi connectivity index (χ0v) is 12.6. The SMILES string of the molecule is [2H]C([2H])(OC([2H])([2H])C1([2H])C([2H])([2H])C1([2H])[2H])C([2H])([2H])c1ccc(OCC(O)CNC(C)C)cc1. The number of ether oxygens (including phenoxy) is 2. The summed E-state index contributed by atoms with van der Waals surface area (Å²) in [7, 11) is 0. The summed E-state index contributed by atoms with van der Waals surface area (Å²) in [4.78, 5) is 0. The van der Waals surface area contributed by atoms with Crippen LogP contribution in [0.3, 0.4) is 0 Å². The highest BCUT2D eigenvalue weighted by Gasteiger charge is 2.20. The summed E-state index contributed by atoms with van der Waals surface area (Å²) in [6.45, 7) is -2.75. The maximum absolute atomic E-state index is 9.88.